The molecule has 2 aliphatic rings. The van der Waals surface area contributed by atoms with Crippen molar-refractivity contribution < 1.29 is 0 Å². The van der Waals surface area contributed by atoms with Gasteiger partial charge in [-0.2, -0.15) is 0 Å². The zero-order valence-corrected chi connectivity index (χ0v) is 14.6. The molecule has 0 spiro atoms. The Bertz CT molecular complexity index is 421. The fraction of sp³-hybridized carbons (Fsp3) is 0.800. The second-order valence-corrected chi connectivity index (χ2v) is 8.24. The maximum atomic E-state index is 2.58. The van der Waals surface area contributed by atoms with Crippen molar-refractivity contribution in [3.8, 4) is 0 Å². The van der Waals surface area contributed by atoms with Crippen LogP contribution in [0.3, 0.4) is 0 Å². The van der Waals surface area contributed by atoms with Gasteiger partial charge in [-0.25, -0.2) is 0 Å². The summed E-state index contributed by atoms with van der Waals surface area (Å²) in [6, 6.07) is 0. The van der Waals surface area contributed by atoms with E-state index in [-0.39, 0.29) is 0 Å². The summed E-state index contributed by atoms with van der Waals surface area (Å²) in [5, 5.41) is 0. The maximum absolute atomic E-state index is 2.58. The summed E-state index contributed by atoms with van der Waals surface area (Å²) < 4.78 is 0. The fourth-order valence-corrected chi connectivity index (χ4v) is 5.16. The summed E-state index contributed by atoms with van der Waals surface area (Å²) in [5.41, 5.74) is 6.10. The first-order valence-corrected chi connectivity index (χ1v) is 8.62. The van der Waals surface area contributed by atoms with E-state index < -0.39 is 0 Å². The maximum Gasteiger partial charge on any atom is -0.00803 e. The van der Waals surface area contributed by atoms with Crippen LogP contribution in [0.5, 0.6) is 0 Å². The van der Waals surface area contributed by atoms with Crippen molar-refractivity contribution in [1.82, 2.24) is 0 Å². The normalized spacial score (nSPS) is 34.1. The van der Waals surface area contributed by atoms with Crippen LogP contribution in [-0.2, 0) is 0 Å². The van der Waals surface area contributed by atoms with E-state index in [0.717, 1.165) is 5.92 Å². The lowest BCUT2D eigenvalue weighted by Gasteiger charge is -2.55. The van der Waals surface area contributed by atoms with E-state index in [1.807, 2.05) is 5.57 Å². The molecule has 2 atom stereocenters. The Morgan fingerprint density at radius 1 is 1.25 bits per heavy atom. The number of allylic oxidation sites excluding steroid dienone is 4. The van der Waals surface area contributed by atoms with Gasteiger partial charge < -0.3 is 0 Å². The van der Waals surface area contributed by atoms with Gasteiger partial charge in [-0.1, -0.05) is 50.0 Å². The van der Waals surface area contributed by atoms with Crippen LogP contribution in [0, 0.1) is 16.7 Å². The fourth-order valence-electron chi connectivity index (χ4n) is 5.16. The summed E-state index contributed by atoms with van der Waals surface area (Å²) in [7, 11) is 0. The van der Waals surface area contributed by atoms with E-state index in [4.69, 9.17) is 0 Å². The minimum absolute atomic E-state index is 0.484. The van der Waals surface area contributed by atoms with Gasteiger partial charge in [0, 0.05) is 0 Å². The third-order valence-corrected chi connectivity index (χ3v) is 6.50. The average Bonchev–Trinajstić information content (AvgIpc) is 2.36. The highest BCUT2D eigenvalue weighted by Crippen LogP contribution is 2.60. The van der Waals surface area contributed by atoms with Crippen LogP contribution < -0.4 is 0 Å². The third-order valence-electron chi connectivity index (χ3n) is 6.50. The molecule has 0 aromatic rings. The Morgan fingerprint density at radius 2 is 1.95 bits per heavy atom. The van der Waals surface area contributed by atoms with E-state index in [1.165, 1.54) is 44.9 Å². The molecule has 1 fully saturated rings. The zero-order chi connectivity index (χ0) is 15.0. The van der Waals surface area contributed by atoms with E-state index in [1.54, 1.807) is 11.1 Å². The smallest absolute Gasteiger partial charge is 0.00803 e. The Labute approximate surface area is 126 Å². The quantitative estimate of drug-likeness (QED) is 0.504. The van der Waals surface area contributed by atoms with Crippen LogP contribution in [0.4, 0.5) is 0 Å². The minimum Gasteiger partial charge on any atom is -0.0887 e. The highest BCUT2D eigenvalue weighted by Gasteiger charge is 2.49. The molecule has 0 N–H and O–H groups in total. The summed E-state index contributed by atoms with van der Waals surface area (Å²) in [6.07, 6.45) is 11.9. The second kappa shape index (κ2) is 5.70. The van der Waals surface area contributed by atoms with E-state index >= 15 is 0 Å². The molecule has 1 unspecified atom stereocenters. The Morgan fingerprint density at radius 3 is 2.60 bits per heavy atom. The first-order chi connectivity index (χ1) is 9.31. The van der Waals surface area contributed by atoms with Gasteiger partial charge in [0.1, 0.15) is 0 Å². The molecule has 0 aliphatic heterocycles. The lowest BCUT2D eigenvalue weighted by atomic mass is 9.50. The molecular weight excluding hydrogens is 240 g/mol. The molecule has 20 heavy (non-hydrogen) atoms. The van der Waals surface area contributed by atoms with Crippen molar-refractivity contribution in [2.75, 3.05) is 0 Å². The molecule has 0 radical (unpaired) electrons. The second-order valence-electron chi connectivity index (χ2n) is 8.24. The average molecular weight is 274 g/mol. The SMILES string of the molecule is C/C=C(\C)CCC1=C(C)CCC2C(C)(C)CCC[C@]12C. The van der Waals surface area contributed by atoms with Gasteiger partial charge in [0.05, 0.1) is 0 Å². The lowest BCUT2D eigenvalue weighted by Crippen LogP contribution is -2.45. The summed E-state index contributed by atoms with van der Waals surface area (Å²) >= 11 is 0. The predicted octanol–water partition coefficient (Wildman–Crippen LogP) is 6.68. The Kier molecular flexibility index (Phi) is 4.52. The van der Waals surface area contributed by atoms with Gasteiger partial charge >= 0.3 is 0 Å². The first-order valence-electron chi connectivity index (χ1n) is 8.62. The van der Waals surface area contributed by atoms with Crippen molar-refractivity contribution in [2.45, 2.75) is 86.5 Å². The van der Waals surface area contributed by atoms with Crippen molar-refractivity contribution in [3.05, 3.63) is 22.8 Å². The standard InChI is InChI=1S/C20H34/c1-7-15(2)9-11-17-16(3)10-12-18-19(4,5)13-8-14-20(17,18)6/h7,18H,8-14H2,1-6H3/b15-7+/t18?,20-/m1/s1. The van der Waals surface area contributed by atoms with Gasteiger partial charge in [-0.3, -0.25) is 0 Å². The molecule has 1 saturated carbocycles. The minimum atomic E-state index is 0.484. The number of hydrogen-bond donors (Lipinski definition) is 0. The monoisotopic (exact) mass is 274 g/mol. The van der Waals surface area contributed by atoms with Gasteiger partial charge in [0.2, 0.25) is 0 Å². The van der Waals surface area contributed by atoms with Crippen LogP contribution in [0.15, 0.2) is 22.8 Å². The summed E-state index contributed by atoms with van der Waals surface area (Å²) in [6.45, 7) is 14.5. The molecular formula is C20H34. The van der Waals surface area contributed by atoms with Crippen molar-refractivity contribution in [2.24, 2.45) is 16.7 Å². The Hall–Kier alpha value is -0.520. The van der Waals surface area contributed by atoms with Gasteiger partial charge in [-0.05, 0) is 76.0 Å². The van der Waals surface area contributed by atoms with Crippen molar-refractivity contribution in [3.63, 3.8) is 0 Å². The summed E-state index contributed by atoms with van der Waals surface area (Å²) in [4.78, 5) is 0. The topological polar surface area (TPSA) is 0 Å². The molecule has 0 amide bonds. The Balaban J connectivity index is 2.28. The highest BCUT2D eigenvalue weighted by molar-refractivity contribution is 5.28. The number of hydrogen-bond acceptors (Lipinski definition) is 0. The zero-order valence-electron chi connectivity index (χ0n) is 14.6. The molecule has 0 aromatic carbocycles. The molecule has 2 aliphatic carbocycles. The van der Waals surface area contributed by atoms with E-state index in [0.29, 0.717) is 10.8 Å². The molecule has 2 rings (SSSR count). The first kappa shape index (κ1) is 15.9. The van der Waals surface area contributed by atoms with Crippen LogP contribution in [0.25, 0.3) is 0 Å². The molecule has 0 heteroatoms. The van der Waals surface area contributed by atoms with E-state index in [2.05, 4.69) is 47.6 Å². The highest BCUT2D eigenvalue weighted by atomic mass is 14.5. The molecule has 0 bridgehead atoms. The third kappa shape index (κ3) is 2.76. The van der Waals surface area contributed by atoms with Crippen LogP contribution in [0.1, 0.15) is 86.5 Å². The van der Waals surface area contributed by atoms with E-state index in [9.17, 15) is 0 Å². The molecule has 0 aromatic heterocycles. The predicted molar refractivity (Wildman–Crippen MR) is 89.8 cm³/mol. The molecule has 0 heterocycles. The number of fused-ring (bicyclic) bond motifs is 1. The van der Waals surface area contributed by atoms with Gasteiger partial charge in [0.15, 0.2) is 0 Å². The largest absolute Gasteiger partial charge is 0.0887 e. The van der Waals surface area contributed by atoms with Gasteiger partial charge in [-0.15, -0.1) is 0 Å². The van der Waals surface area contributed by atoms with Crippen LogP contribution in [0.2, 0.25) is 0 Å². The van der Waals surface area contributed by atoms with Gasteiger partial charge in [0.25, 0.3) is 0 Å². The lowest BCUT2D eigenvalue weighted by molar-refractivity contribution is 0.0105. The number of rotatable bonds is 3. The van der Waals surface area contributed by atoms with Crippen molar-refractivity contribution in [1.29, 1.82) is 0 Å². The molecule has 0 saturated heterocycles. The molecule has 114 valence electrons. The van der Waals surface area contributed by atoms with Crippen LogP contribution >= 0.6 is 0 Å². The molecule has 0 nitrogen and oxygen atoms in total. The van der Waals surface area contributed by atoms with Crippen LogP contribution in [-0.4, -0.2) is 0 Å². The summed E-state index contributed by atoms with van der Waals surface area (Å²) in [5.74, 6) is 0.897. The van der Waals surface area contributed by atoms with Crippen molar-refractivity contribution >= 4 is 0 Å².